The van der Waals surface area contributed by atoms with E-state index in [4.69, 9.17) is 81.8 Å². The average molecular weight is 596 g/mol. The third-order valence-corrected chi connectivity index (χ3v) is 6.35. The van der Waals surface area contributed by atoms with E-state index in [1.165, 1.54) is 12.1 Å². The van der Waals surface area contributed by atoms with Crippen LogP contribution >= 0.6 is 81.8 Å². The average Bonchev–Trinajstić information content (AvgIpc) is 2.77. The van der Waals surface area contributed by atoms with E-state index >= 15 is 0 Å². The Morgan fingerprint density at radius 3 is 1.71 bits per heavy atom. The summed E-state index contributed by atoms with van der Waals surface area (Å²) in [5, 5.41) is 9.25. The van der Waals surface area contributed by atoms with Gasteiger partial charge < -0.3 is 16.0 Å². The van der Waals surface area contributed by atoms with Crippen LogP contribution < -0.4 is 16.0 Å². The molecule has 0 radical (unpaired) electrons. The molecule has 0 aliphatic carbocycles. The van der Waals surface area contributed by atoms with Crippen LogP contribution in [0.2, 0.25) is 15.1 Å². The van der Waals surface area contributed by atoms with Crippen LogP contribution in [0.5, 0.6) is 0 Å². The van der Waals surface area contributed by atoms with Crippen LogP contribution in [0, 0.1) is 0 Å². The molecule has 0 aliphatic rings. The van der Waals surface area contributed by atoms with Gasteiger partial charge in [0, 0.05) is 5.02 Å². The minimum Gasteiger partial charge on any atom is -0.339 e. The first-order chi connectivity index (χ1) is 16.1. The molecule has 0 saturated heterocycles. The number of hydrogen-bond acceptors (Lipinski definition) is 2. The van der Waals surface area contributed by atoms with Crippen LogP contribution in [-0.4, -0.2) is 21.0 Å². The molecule has 3 aromatic carbocycles. The van der Waals surface area contributed by atoms with Gasteiger partial charge in [-0.3, -0.25) is 4.79 Å². The number of benzene rings is 3. The summed E-state index contributed by atoms with van der Waals surface area (Å²) >= 11 is 42.2. The van der Waals surface area contributed by atoms with Crippen LogP contribution in [0.15, 0.2) is 72.8 Å². The Morgan fingerprint density at radius 1 is 0.794 bits per heavy atom. The maximum atomic E-state index is 13.4. The van der Waals surface area contributed by atoms with Gasteiger partial charge in [0.05, 0.1) is 21.7 Å². The smallest absolute Gasteiger partial charge is 0.233 e. The standard InChI is InChI=1S/C23H17Cl6N3OS/c24-15-11-16(25)19(17(26)12-15)30-22(34)32-21(23(27,28)29)31-20(33)18(13-7-3-1-4-8-13)14-9-5-2-6-10-14/h1-12,18,21H,(H,31,33)(H2,30,32,34). The van der Waals surface area contributed by atoms with Gasteiger partial charge in [-0.15, -0.1) is 0 Å². The van der Waals surface area contributed by atoms with Gasteiger partial charge >= 0.3 is 0 Å². The molecule has 11 heteroatoms. The van der Waals surface area contributed by atoms with Crippen LogP contribution in [0.3, 0.4) is 0 Å². The predicted molar refractivity (Wildman–Crippen MR) is 148 cm³/mol. The van der Waals surface area contributed by atoms with Crippen molar-refractivity contribution in [3.8, 4) is 0 Å². The number of rotatable bonds is 6. The van der Waals surface area contributed by atoms with E-state index in [-0.39, 0.29) is 15.2 Å². The molecule has 0 fully saturated rings. The zero-order valence-corrected chi connectivity index (χ0v) is 22.5. The molecule has 0 aromatic heterocycles. The highest BCUT2D eigenvalue weighted by molar-refractivity contribution is 7.80. The Morgan fingerprint density at radius 2 is 1.26 bits per heavy atom. The van der Waals surface area contributed by atoms with E-state index < -0.39 is 21.8 Å². The highest BCUT2D eigenvalue weighted by atomic mass is 35.6. The number of alkyl halides is 3. The summed E-state index contributed by atoms with van der Waals surface area (Å²) in [4.78, 5) is 13.4. The maximum absolute atomic E-state index is 13.4. The zero-order valence-electron chi connectivity index (χ0n) is 17.2. The Balaban J connectivity index is 1.83. The van der Waals surface area contributed by atoms with Gasteiger partial charge in [0.2, 0.25) is 9.70 Å². The van der Waals surface area contributed by atoms with Gasteiger partial charge in [-0.1, -0.05) is 130 Å². The second-order valence-corrected chi connectivity index (χ2v) is 11.1. The van der Waals surface area contributed by atoms with Gasteiger partial charge in [0.15, 0.2) is 5.11 Å². The van der Waals surface area contributed by atoms with Crippen molar-refractivity contribution >= 4 is 98.5 Å². The second-order valence-electron chi connectivity index (χ2n) is 7.08. The predicted octanol–water partition coefficient (Wildman–Crippen LogP) is 7.58. The van der Waals surface area contributed by atoms with Crippen LogP contribution in [0.4, 0.5) is 5.69 Å². The Kier molecular flexibility index (Phi) is 9.58. The Bertz CT molecular complexity index is 1100. The van der Waals surface area contributed by atoms with Crippen LogP contribution in [0.1, 0.15) is 17.0 Å². The van der Waals surface area contributed by atoms with E-state index in [0.717, 1.165) is 11.1 Å². The molecular weight excluding hydrogens is 579 g/mol. The topological polar surface area (TPSA) is 53.2 Å². The van der Waals surface area contributed by atoms with E-state index in [1.54, 1.807) is 0 Å². The quantitative estimate of drug-likeness (QED) is 0.156. The Hall–Kier alpha value is -1.44. The summed E-state index contributed by atoms with van der Waals surface area (Å²) in [6, 6.07) is 21.5. The summed E-state index contributed by atoms with van der Waals surface area (Å²) in [5.41, 5.74) is 1.86. The lowest BCUT2D eigenvalue weighted by Crippen LogP contribution is -2.57. The van der Waals surface area contributed by atoms with Crippen molar-refractivity contribution in [1.82, 2.24) is 10.6 Å². The number of carbonyl (C=O) groups is 1. The van der Waals surface area contributed by atoms with Gasteiger partial charge in [0.25, 0.3) is 0 Å². The summed E-state index contributed by atoms with van der Waals surface area (Å²) in [7, 11) is 0. The summed E-state index contributed by atoms with van der Waals surface area (Å²) in [6.45, 7) is 0. The Labute approximate surface area is 232 Å². The van der Waals surface area contributed by atoms with E-state index in [0.29, 0.717) is 10.7 Å². The molecule has 0 aliphatic heterocycles. The monoisotopic (exact) mass is 593 g/mol. The molecule has 3 N–H and O–H groups in total. The second kappa shape index (κ2) is 12.0. The number of anilines is 1. The lowest BCUT2D eigenvalue weighted by molar-refractivity contribution is -0.122. The van der Waals surface area contributed by atoms with Crippen LogP contribution in [-0.2, 0) is 4.79 Å². The van der Waals surface area contributed by atoms with Gasteiger partial charge in [-0.25, -0.2) is 0 Å². The highest BCUT2D eigenvalue weighted by Crippen LogP contribution is 2.34. The summed E-state index contributed by atoms with van der Waals surface area (Å²) in [6.07, 6.45) is -1.19. The fourth-order valence-electron chi connectivity index (χ4n) is 3.15. The van der Waals surface area contributed by atoms with E-state index in [2.05, 4.69) is 16.0 Å². The number of thiocarbonyl (C=S) groups is 1. The minimum atomic E-state index is -1.95. The zero-order chi connectivity index (χ0) is 24.9. The van der Waals surface area contributed by atoms with Crippen molar-refractivity contribution in [2.45, 2.75) is 15.9 Å². The largest absolute Gasteiger partial charge is 0.339 e. The van der Waals surface area contributed by atoms with Gasteiger partial charge in [0.1, 0.15) is 6.17 Å². The first-order valence-corrected chi connectivity index (χ1v) is 12.4. The number of carbonyl (C=O) groups excluding carboxylic acids is 1. The van der Waals surface area contributed by atoms with Crippen molar-refractivity contribution in [3.05, 3.63) is 99.0 Å². The van der Waals surface area contributed by atoms with Crippen molar-refractivity contribution in [3.63, 3.8) is 0 Å². The van der Waals surface area contributed by atoms with Gasteiger partial charge in [-0.2, -0.15) is 0 Å². The summed E-state index contributed by atoms with van der Waals surface area (Å²) in [5.74, 6) is -1.05. The molecular formula is C23H17Cl6N3OS. The molecule has 1 unspecified atom stereocenters. The van der Waals surface area contributed by atoms with Gasteiger partial charge in [-0.05, 0) is 35.5 Å². The molecule has 1 amide bonds. The molecule has 0 spiro atoms. The fraction of sp³-hybridized carbons (Fsp3) is 0.130. The molecule has 34 heavy (non-hydrogen) atoms. The molecule has 178 valence electrons. The number of amides is 1. The van der Waals surface area contributed by atoms with Crippen molar-refractivity contribution in [2.24, 2.45) is 0 Å². The first kappa shape index (κ1) is 27.2. The first-order valence-electron chi connectivity index (χ1n) is 9.75. The van der Waals surface area contributed by atoms with E-state index in [1.807, 2.05) is 60.7 Å². The number of halogens is 6. The fourth-order valence-corrected chi connectivity index (χ4v) is 4.61. The normalized spacial score (nSPS) is 12.2. The highest BCUT2D eigenvalue weighted by Gasteiger charge is 2.37. The minimum absolute atomic E-state index is 0.0127. The maximum Gasteiger partial charge on any atom is 0.233 e. The third kappa shape index (κ3) is 7.28. The lowest BCUT2D eigenvalue weighted by atomic mass is 9.90. The number of hydrogen-bond donors (Lipinski definition) is 3. The molecule has 4 nitrogen and oxygen atoms in total. The number of nitrogens with one attached hydrogen (secondary N) is 3. The summed E-state index contributed by atoms with van der Waals surface area (Å²) < 4.78 is -1.95. The van der Waals surface area contributed by atoms with Crippen molar-refractivity contribution in [2.75, 3.05) is 5.32 Å². The molecule has 1 atom stereocenters. The molecule has 0 saturated carbocycles. The third-order valence-electron chi connectivity index (χ3n) is 4.66. The lowest BCUT2D eigenvalue weighted by Gasteiger charge is -2.30. The SMILES string of the molecule is O=C(NC(NC(=S)Nc1c(Cl)cc(Cl)cc1Cl)C(Cl)(Cl)Cl)C(c1ccccc1)c1ccccc1. The van der Waals surface area contributed by atoms with Crippen molar-refractivity contribution < 1.29 is 4.79 Å². The van der Waals surface area contributed by atoms with Crippen LogP contribution in [0.25, 0.3) is 0 Å². The molecule has 3 aromatic rings. The molecule has 0 bridgehead atoms. The molecule has 0 heterocycles. The molecule has 3 rings (SSSR count). The van der Waals surface area contributed by atoms with E-state index in [9.17, 15) is 4.79 Å². The van der Waals surface area contributed by atoms with Crippen molar-refractivity contribution in [1.29, 1.82) is 0 Å².